The quantitative estimate of drug-likeness (QED) is 0.545. The highest BCUT2D eigenvalue weighted by atomic mass is 35.5. The molecule has 7 heteroatoms. The van der Waals surface area contributed by atoms with Gasteiger partial charge in [-0.2, -0.15) is 0 Å². The number of carbonyl (C=O) groups excluding carboxylic acids is 1. The summed E-state index contributed by atoms with van der Waals surface area (Å²) in [6.07, 6.45) is 0.582. The SMILES string of the molecule is COc1ccc(CCC(=O)NC(CO)(CO)CO)cc1Cl. The number of rotatable bonds is 8. The third-order valence-electron chi connectivity index (χ3n) is 3.17. The van der Waals surface area contributed by atoms with Gasteiger partial charge >= 0.3 is 0 Å². The number of hydrogen-bond acceptors (Lipinski definition) is 5. The zero-order valence-electron chi connectivity index (χ0n) is 11.8. The van der Waals surface area contributed by atoms with Crippen molar-refractivity contribution in [3.63, 3.8) is 0 Å². The maximum atomic E-state index is 11.8. The van der Waals surface area contributed by atoms with Crippen molar-refractivity contribution in [3.05, 3.63) is 28.8 Å². The number of aliphatic hydroxyl groups is 3. The lowest BCUT2D eigenvalue weighted by Gasteiger charge is -2.28. The molecule has 1 aromatic rings. The van der Waals surface area contributed by atoms with Gasteiger partial charge in [0.2, 0.25) is 5.91 Å². The summed E-state index contributed by atoms with van der Waals surface area (Å²) in [6, 6.07) is 5.23. The van der Waals surface area contributed by atoms with Crippen LogP contribution in [0.4, 0.5) is 0 Å². The number of ether oxygens (including phenoxy) is 1. The van der Waals surface area contributed by atoms with Gasteiger partial charge in [0.05, 0.1) is 32.0 Å². The van der Waals surface area contributed by atoms with Gasteiger partial charge in [0.15, 0.2) is 0 Å². The lowest BCUT2D eigenvalue weighted by atomic mass is 10.0. The van der Waals surface area contributed by atoms with Crippen molar-refractivity contribution < 1.29 is 24.9 Å². The summed E-state index contributed by atoms with van der Waals surface area (Å²) in [6.45, 7) is -1.62. The summed E-state index contributed by atoms with van der Waals surface area (Å²) in [4.78, 5) is 11.8. The molecular weight excluding hydrogens is 298 g/mol. The molecule has 0 aromatic heterocycles. The van der Waals surface area contributed by atoms with Crippen LogP contribution in [0.2, 0.25) is 5.02 Å². The van der Waals surface area contributed by atoms with Gasteiger partial charge < -0.3 is 25.4 Å². The zero-order valence-corrected chi connectivity index (χ0v) is 12.6. The van der Waals surface area contributed by atoms with Crippen LogP contribution in [0.15, 0.2) is 18.2 Å². The Morgan fingerprint density at radius 1 is 1.29 bits per heavy atom. The van der Waals surface area contributed by atoms with Crippen molar-refractivity contribution in [1.82, 2.24) is 5.32 Å². The Morgan fingerprint density at radius 2 is 1.90 bits per heavy atom. The minimum atomic E-state index is -1.39. The van der Waals surface area contributed by atoms with Gasteiger partial charge in [-0.15, -0.1) is 0 Å². The third kappa shape index (κ3) is 4.86. The average molecular weight is 318 g/mol. The Kier molecular flexibility index (Phi) is 6.91. The van der Waals surface area contributed by atoms with Crippen LogP contribution >= 0.6 is 11.6 Å². The number of nitrogens with one attached hydrogen (secondary N) is 1. The Hall–Kier alpha value is -1.34. The van der Waals surface area contributed by atoms with Gasteiger partial charge in [0.25, 0.3) is 0 Å². The molecule has 0 radical (unpaired) electrons. The van der Waals surface area contributed by atoms with Gasteiger partial charge in [-0.3, -0.25) is 4.79 Å². The maximum Gasteiger partial charge on any atom is 0.220 e. The number of carbonyl (C=O) groups is 1. The van der Waals surface area contributed by atoms with Crippen LogP contribution < -0.4 is 10.1 Å². The first-order valence-electron chi connectivity index (χ1n) is 6.46. The molecular formula is C14H20ClNO5. The fourth-order valence-corrected chi connectivity index (χ4v) is 2.03. The van der Waals surface area contributed by atoms with E-state index in [2.05, 4.69) is 5.32 Å². The smallest absolute Gasteiger partial charge is 0.220 e. The van der Waals surface area contributed by atoms with E-state index < -0.39 is 25.4 Å². The number of aliphatic hydroxyl groups excluding tert-OH is 3. The highest BCUT2D eigenvalue weighted by molar-refractivity contribution is 6.32. The molecule has 0 aliphatic heterocycles. The Morgan fingerprint density at radius 3 is 2.38 bits per heavy atom. The van der Waals surface area contributed by atoms with E-state index in [1.807, 2.05) is 0 Å². The first-order valence-corrected chi connectivity index (χ1v) is 6.84. The van der Waals surface area contributed by atoms with Gasteiger partial charge in [0, 0.05) is 6.42 Å². The molecule has 6 nitrogen and oxygen atoms in total. The number of methoxy groups -OCH3 is 1. The van der Waals surface area contributed by atoms with Crippen molar-refractivity contribution in [2.45, 2.75) is 18.4 Å². The van der Waals surface area contributed by atoms with Crippen molar-refractivity contribution in [2.75, 3.05) is 26.9 Å². The Balaban J connectivity index is 2.59. The fourth-order valence-electron chi connectivity index (χ4n) is 1.75. The van der Waals surface area contributed by atoms with Crippen LogP contribution in [0.1, 0.15) is 12.0 Å². The monoisotopic (exact) mass is 317 g/mol. The molecule has 0 heterocycles. The van der Waals surface area contributed by atoms with E-state index in [0.29, 0.717) is 17.2 Å². The Labute approximate surface area is 128 Å². The number of aryl methyl sites for hydroxylation is 1. The summed E-state index contributed by atoms with van der Waals surface area (Å²) in [5, 5.41) is 30.3. The van der Waals surface area contributed by atoms with Crippen molar-refractivity contribution in [2.24, 2.45) is 0 Å². The van der Waals surface area contributed by atoms with E-state index in [4.69, 9.17) is 31.7 Å². The second kappa shape index (κ2) is 8.19. The summed E-state index contributed by atoms with van der Waals surface area (Å²) in [7, 11) is 1.52. The van der Waals surface area contributed by atoms with Crippen LogP contribution in [0.3, 0.4) is 0 Å². The largest absolute Gasteiger partial charge is 0.495 e. The fraction of sp³-hybridized carbons (Fsp3) is 0.500. The van der Waals surface area contributed by atoms with Crippen molar-refractivity contribution in [3.8, 4) is 5.75 Å². The molecule has 0 unspecified atom stereocenters. The van der Waals surface area contributed by atoms with Gasteiger partial charge in [0.1, 0.15) is 11.3 Å². The maximum absolute atomic E-state index is 11.8. The average Bonchev–Trinajstić information content (AvgIpc) is 2.51. The van der Waals surface area contributed by atoms with Gasteiger partial charge in [-0.1, -0.05) is 17.7 Å². The van der Waals surface area contributed by atoms with Crippen LogP contribution in [-0.4, -0.2) is 53.7 Å². The summed E-state index contributed by atoms with van der Waals surface area (Å²) >= 11 is 5.99. The number of benzene rings is 1. The van der Waals surface area contributed by atoms with E-state index in [1.54, 1.807) is 18.2 Å². The minimum Gasteiger partial charge on any atom is -0.495 e. The highest BCUT2D eigenvalue weighted by Crippen LogP contribution is 2.25. The molecule has 0 aliphatic carbocycles. The third-order valence-corrected chi connectivity index (χ3v) is 3.46. The first-order chi connectivity index (χ1) is 10.00. The second-order valence-corrected chi connectivity index (χ2v) is 5.18. The Bertz CT molecular complexity index is 468. The molecule has 21 heavy (non-hydrogen) atoms. The minimum absolute atomic E-state index is 0.143. The molecule has 118 valence electrons. The molecule has 1 amide bonds. The number of amides is 1. The normalized spacial score (nSPS) is 11.3. The molecule has 1 aromatic carbocycles. The highest BCUT2D eigenvalue weighted by Gasteiger charge is 2.29. The van der Waals surface area contributed by atoms with Crippen LogP contribution in [-0.2, 0) is 11.2 Å². The summed E-state index contributed by atoms with van der Waals surface area (Å²) < 4.78 is 5.04. The predicted molar refractivity (Wildman–Crippen MR) is 78.5 cm³/mol. The second-order valence-electron chi connectivity index (χ2n) is 4.77. The predicted octanol–water partition coefficient (Wildman–Crippen LogP) is 0.113. The van der Waals surface area contributed by atoms with Crippen LogP contribution in [0.5, 0.6) is 5.75 Å². The first kappa shape index (κ1) is 17.7. The molecule has 1 rings (SSSR count). The van der Waals surface area contributed by atoms with Crippen molar-refractivity contribution in [1.29, 1.82) is 0 Å². The molecule has 0 bridgehead atoms. The van der Waals surface area contributed by atoms with Gasteiger partial charge in [-0.05, 0) is 24.1 Å². The van der Waals surface area contributed by atoms with Crippen LogP contribution in [0.25, 0.3) is 0 Å². The summed E-state index contributed by atoms with van der Waals surface area (Å²) in [5.41, 5.74) is -0.534. The number of hydrogen-bond donors (Lipinski definition) is 4. The molecule has 0 aliphatic rings. The summed E-state index contributed by atoms with van der Waals surface area (Å²) in [5.74, 6) is 0.184. The lowest BCUT2D eigenvalue weighted by Crippen LogP contribution is -2.57. The lowest BCUT2D eigenvalue weighted by molar-refractivity contribution is -0.125. The van der Waals surface area contributed by atoms with Crippen LogP contribution in [0, 0.1) is 0 Å². The molecule has 0 atom stereocenters. The standard InChI is InChI=1S/C14H20ClNO5/c1-21-12-4-2-10(6-11(12)15)3-5-13(20)16-14(7-17,8-18)9-19/h2,4,6,17-19H,3,5,7-9H2,1H3,(H,16,20). The van der Waals surface area contributed by atoms with E-state index in [1.165, 1.54) is 7.11 Å². The van der Waals surface area contributed by atoms with E-state index in [9.17, 15) is 4.79 Å². The molecule has 0 saturated carbocycles. The van der Waals surface area contributed by atoms with E-state index in [-0.39, 0.29) is 12.3 Å². The zero-order chi connectivity index (χ0) is 15.9. The van der Waals surface area contributed by atoms with E-state index >= 15 is 0 Å². The van der Waals surface area contributed by atoms with Crippen molar-refractivity contribution >= 4 is 17.5 Å². The topological polar surface area (TPSA) is 99.0 Å². The number of halogens is 1. The molecule has 4 N–H and O–H groups in total. The molecule has 0 saturated heterocycles. The van der Waals surface area contributed by atoms with E-state index in [0.717, 1.165) is 5.56 Å². The molecule has 0 fully saturated rings. The van der Waals surface area contributed by atoms with Gasteiger partial charge in [-0.25, -0.2) is 0 Å². The molecule has 0 spiro atoms.